The molecule has 12 heavy (non-hydrogen) atoms. The Balaban J connectivity index is 3.11. The summed E-state index contributed by atoms with van der Waals surface area (Å²) in [5, 5.41) is 18.3. The van der Waals surface area contributed by atoms with Gasteiger partial charge in [0.2, 0.25) is 0 Å². The van der Waals surface area contributed by atoms with Crippen LogP contribution in [0.1, 0.15) is 11.1 Å². The Morgan fingerprint density at radius 2 is 2.08 bits per heavy atom. The van der Waals surface area contributed by atoms with Crippen molar-refractivity contribution in [2.75, 3.05) is 0 Å². The Morgan fingerprint density at radius 3 is 2.58 bits per heavy atom. The molecule has 1 rings (SSSR count). The minimum atomic E-state index is -0.174. The number of carbonyl (C=O) groups excluding carboxylic acids is 1. The lowest BCUT2D eigenvalue weighted by Gasteiger charge is -2.03. The van der Waals surface area contributed by atoms with Crippen molar-refractivity contribution in [2.24, 2.45) is 0 Å². The highest BCUT2D eigenvalue weighted by molar-refractivity contribution is 5.57. The summed E-state index contributed by atoms with van der Waals surface area (Å²) in [6.45, 7) is 1.67. The van der Waals surface area contributed by atoms with Gasteiger partial charge < -0.3 is 15.0 Å². The van der Waals surface area contributed by atoms with Gasteiger partial charge in [-0.05, 0) is 24.1 Å². The number of aldehydes is 1. The van der Waals surface area contributed by atoms with Gasteiger partial charge in [-0.15, -0.1) is 0 Å². The molecule has 0 radical (unpaired) electrons. The third-order valence-electron chi connectivity index (χ3n) is 1.66. The minimum absolute atomic E-state index is 0.121. The van der Waals surface area contributed by atoms with E-state index in [-0.39, 0.29) is 17.9 Å². The molecule has 0 aliphatic carbocycles. The minimum Gasteiger partial charge on any atom is -0.504 e. The van der Waals surface area contributed by atoms with Crippen LogP contribution in [0, 0.1) is 6.92 Å². The van der Waals surface area contributed by atoms with Gasteiger partial charge in [0.1, 0.15) is 6.29 Å². The zero-order valence-electron chi connectivity index (χ0n) is 6.74. The first kappa shape index (κ1) is 8.59. The fraction of sp³-hybridized carbons (Fsp3) is 0.222. The van der Waals surface area contributed by atoms with E-state index < -0.39 is 0 Å². The number of rotatable bonds is 2. The molecular weight excluding hydrogens is 156 g/mol. The van der Waals surface area contributed by atoms with Crippen LogP contribution in [0.5, 0.6) is 11.5 Å². The van der Waals surface area contributed by atoms with Gasteiger partial charge in [0.05, 0.1) is 0 Å². The third kappa shape index (κ3) is 1.56. The van der Waals surface area contributed by atoms with Crippen molar-refractivity contribution in [3.05, 3.63) is 23.3 Å². The van der Waals surface area contributed by atoms with Crippen LogP contribution in [0.25, 0.3) is 0 Å². The molecule has 1 aromatic carbocycles. The zero-order chi connectivity index (χ0) is 9.14. The molecule has 0 amide bonds. The second-order valence-electron chi connectivity index (χ2n) is 2.65. The number of aryl methyl sites for hydroxylation is 1. The SMILES string of the molecule is Cc1cc(CC=O)cc(O)c1O. The number of hydrogen-bond donors (Lipinski definition) is 2. The molecular formula is C9H10O3. The predicted molar refractivity (Wildman–Crippen MR) is 44.3 cm³/mol. The molecule has 3 nitrogen and oxygen atoms in total. The number of benzene rings is 1. The van der Waals surface area contributed by atoms with E-state index in [2.05, 4.69) is 0 Å². The lowest BCUT2D eigenvalue weighted by molar-refractivity contribution is -0.107. The smallest absolute Gasteiger partial charge is 0.160 e. The molecule has 64 valence electrons. The number of phenolic OH excluding ortho intramolecular Hbond substituents is 2. The summed E-state index contributed by atoms with van der Waals surface area (Å²) >= 11 is 0. The topological polar surface area (TPSA) is 57.5 Å². The van der Waals surface area contributed by atoms with Crippen molar-refractivity contribution in [2.45, 2.75) is 13.3 Å². The van der Waals surface area contributed by atoms with E-state index in [0.29, 0.717) is 11.1 Å². The number of phenols is 2. The Morgan fingerprint density at radius 1 is 1.42 bits per heavy atom. The Labute approximate surface area is 70.3 Å². The summed E-state index contributed by atoms with van der Waals surface area (Å²) in [6.07, 6.45) is 1.01. The third-order valence-corrected chi connectivity index (χ3v) is 1.66. The van der Waals surface area contributed by atoms with Crippen LogP contribution < -0.4 is 0 Å². The molecule has 0 atom stereocenters. The highest BCUT2D eigenvalue weighted by atomic mass is 16.3. The standard InChI is InChI=1S/C9H10O3/c1-6-4-7(2-3-10)5-8(11)9(6)12/h3-5,11-12H,2H2,1H3. The quantitative estimate of drug-likeness (QED) is 0.511. The van der Waals surface area contributed by atoms with E-state index >= 15 is 0 Å². The largest absolute Gasteiger partial charge is 0.504 e. The molecule has 0 heterocycles. The zero-order valence-corrected chi connectivity index (χ0v) is 6.74. The number of carbonyl (C=O) groups is 1. The molecule has 0 unspecified atom stereocenters. The maximum absolute atomic E-state index is 10.1. The average Bonchev–Trinajstić information content (AvgIpc) is 2.01. The summed E-state index contributed by atoms with van der Waals surface area (Å²) in [4.78, 5) is 10.1. The van der Waals surface area contributed by atoms with Crippen LogP contribution >= 0.6 is 0 Å². The fourth-order valence-corrected chi connectivity index (χ4v) is 1.05. The number of aromatic hydroxyl groups is 2. The molecule has 0 spiro atoms. The lowest BCUT2D eigenvalue weighted by atomic mass is 10.1. The molecule has 0 aromatic heterocycles. The van der Waals surface area contributed by atoms with E-state index in [1.807, 2.05) is 0 Å². The van der Waals surface area contributed by atoms with Crippen LogP contribution in [0.15, 0.2) is 12.1 Å². The van der Waals surface area contributed by atoms with E-state index in [0.717, 1.165) is 6.29 Å². The van der Waals surface area contributed by atoms with Crippen molar-refractivity contribution in [3.8, 4) is 11.5 Å². The van der Waals surface area contributed by atoms with Crippen molar-refractivity contribution in [1.82, 2.24) is 0 Å². The molecule has 0 saturated carbocycles. The molecule has 0 aliphatic rings. The van der Waals surface area contributed by atoms with Gasteiger partial charge in [0.25, 0.3) is 0 Å². The first-order chi connectivity index (χ1) is 5.65. The van der Waals surface area contributed by atoms with Crippen molar-refractivity contribution in [3.63, 3.8) is 0 Å². The normalized spacial score (nSPS) is 9.75. The van der Waals surface area contributed by atoms with E-state index in [1.165, 1.54) is 6.07 Å². The van der Waals surface area contributed by atoms with Gasteiger partial charge in [-0.1, -0.05) is 6.07 Å². The first-order valence-electron chi connectivity index (χ1n) is 3.60. The summed E-state index contributed by atoms with van der Waals surface area (Å²) in [5.74, 6) is -0.295. The second-order valence-corrected chi connectivity index (χ2v) is 2.65. The first-order valence-corrected chi connectivity index (χ1v) is 3.60. The second kappa shape index (κ2) is 3.26. The Hall–Kier alpha value is -1.51. The van der Waals surface area contributed by atoms with Gasteiger partial charge in [-0.3, -0.25) is 0 Å². The van der Waals surface area contributed by atoms with Gasteiger partial charge in [0.15, 0.2) is 11.5 Å². The maximum Gasteiger partial charge on any atom is 0.160 e. The van der Waals surface area contributed by atoms with Crippen molar-refractivity contribution in [1.29, 1.82) is 0 Å². The molecule has 2 N–H and O–H groups in total. The Bertz CT molecular complexity index is 282. The van der Waals surface area contributed by atoms with Gasteiger partial charge in [0, 0.05) is 6.42 Å². The van der Waals surface area contributed by atoms with E-state index in [1.54, 1.807) is 13.0 Å². The molecule has 0 bridgehead atoms. The maximum atomic E-state index is 10.1. The predicted octanol–water partition coefficient (Wildman–Crippen LogP) is 1.15. The average molecular weight is 166 g/mol. The molecule has 0 saturated heterocycles. The monoisotopic (exact) mass is 166 g/mol. The molecule has 3 heteroatoms. The van der Waals surface area contributed by atoms with Gasteiger partial charge in [-0.25, -0.2) is 0 Å². The highest BCUT2D eigenvalue weighted by Gasteiger charge is 2.04. The number of hydrogen-bond acceptors (Lipinski definition) is 3. The molecule has 0 aliphatic heterocycles. The van der Waals surface area contributed by atoms with E-state index in [4.69, 9.17) is 10.2 Å². The Kier molecular flexibility index (Phi) is 2.33. The van der Waals surface area contributed by atoms with E-state index in [9.17, 15) is 4.79 Å². The summed E-state index contributed by atoms with van der Waals surface area (Å²) in [5.41, 5.74) is 1.28. The summed E-state index contributed by atoms with van der Waals surface area (Å²) in [7, 11) is 0. The van der Waals surface area contributed by atoms with Gasteiger partial charge in [-0.2, -0.15) is 0 Å². The molecule has 0 fully saturated rings. The molecule has 1 aromatic rings. The summed E-state index contributed by atoms with van der Waals surface area (Å²) in [6, 6.07) is 3.06. The highest BCUT2D eigenvalue weighted by Crippen LogP contribution is 2.29. The lowest BCUT2D eigenvalue weighted by Crippen LogP contribution is -1.87. The van der Waals surface area contributed by atoms with Crippen LogP contribution in [-0.4, -0.2) is 16.5 Å². The van der Waals surface area contributed by atoms with Crippen molar-refractivity contribution < 1.29 is 15.0 Å². The fourth-order valence-electron chi connectivity index (χ4n) is 1.05. The van der Waals surface area contributed by atoms with Gasteiger partial charge >= 0.3 is 0 Å². The van der Waals surface area contributed by atoms with Crippen LogP contribution in [-0.2, 0) is 11.2 Å². The van der Waals surface area contributed by atoms with Crippen molar-refractivity contribution >= 4 is 6.29 Å². The summed E-state index contributed by atoms with van der Waals surface area (Å²) < 4.78 is 0. The van der Waals surface area contributed by atoms with Crippen LogP contribution in [0.2, 0.25) is 0 Å². The van der Waals surface area contributed by atoms with Crippen LogP contribution in [0.3, 0.4) is 0 Å². The van der Waals surface area contributed by atoms with Crippen LogP contribution in [0.4, 0.5) is 0 Å².